The van der Waals surface area contributed by atoms with Gasteiger partial charge in [0, 0.05) is 37.0 Å². The van der Waals surface area contributed by atoms with Gasteiger partial charge in [0.25, 0.3) is 0 Å². The molecule has 4 atom stereocenters. The number of esters is 1. The van der Waals surface area contributed by atoms with Crippen molar-refractivity contribution < 1.29 is 38.7 Å². The summed E-state index contributed by atoms with van der Waals surface area (Å²) in [7, 11) is 0. The molecule has 2 heterocycles. The zero-order valence-corrected chi connectivity index (χ0v) is 18.3. The number of phenols is 3. The Labute approximate surface area is 188 Å². The Balaban J connectivity index is 1.82. The summed E-state index contributed by atoms with van der Waals surface area (Å²) in [5.41, 5.74) is -0.300. The van der Waals surface area contributed by atoms with Gasteiger partial charge in [0.1, 0.15) is 34.3 Å². The van der Waals surface area contributed by atoms with Gasteiger partial charge in [-0.25, -0.2) is 0 Å². The van der Waals surface area contributed by atoms with E-state index in [1.807, 2.05) is 13.8 Å². The zero-order chi connectivity index (χ0) is 23.9. The van der Waals surface area contributed by atoms with Crippen molar-refractivity contribution in [2.45, 2.75) is 45.7 Å². The molecule has 1 aromatic heterocycles. The van der Waals surface area contributed by atoms with Gasteiger partial charge in [0.2, 0.25) is 17.5 Å². The van der Waals surface area contributed by atoms with Crippen LogP contribution in [0.15, 0.2) is 45.6 Å². The van der Waals surface area contributed by atoms with Gasteiger partial charge in [-0.05, 0) is 31.2 Å². The van der Waals surface area contributed by atoms with E-state index in [9.17, 15) is 24.9 Å². The number of rotatable bonds is 4. The molecular weight excluding hydrogens is 432 g/mol. The van der Waals surface area contributed by atoms with Crippen molar-refractivity contribution in [3.8, 4) is 34.3 Å². The maximum Gasteiger partial charge on any atom is 0.302 e. The SMILES string of the molecule is CC(=O)O[C@H]1C[C@H](Oc2c(-c3ccc(O)cc3)oc3cc(O)cc(O)c3c2=O)O[C@@H](C)[C@@H]1C. The predicted octanol–water partition coefficient (Wildman–Crippen LogP) is 3.66. The monoisotopic (exact) mass is 456 g/mol. The summed E-state index contributed by atoms with van der Waals surface area (Å²) in [4.78, 5) is 24.9. The summed E-state index contributed by atoms with van der Waals surface area (Å²) < 4.78 is 23.2. The van der Waals surface area contributed by atoms with Crippen LogP contribution >= 0.6 is 0 Å². The lowest BCUT2D eigenvalue weighted by Crippen LogP contribution is -2.45. The number of carbonyl (C=O) groups excluding carboxylic acids is 1. The van der Waals surface area contributed by atoms with Crippen LogP contribution in [0.3, 0.4) is 0 Å². The molecule has 9 nitrogen and oxygen atoms in total. The summed E-state index contributed by atoms with van der Waals surface area (Å²) in [6.07, 6.45) is -1.57. The molecule has 4 rings (SSSR count). The van der Waals surface area contributed by atoms with Gasteiger partial charge in [-0.3, -0.25) is 9.59 Å². The molecule has 9 heteroatoms. The average molecular weight is 456 g/mol. The smallest absolute Gasteiger partial charge is 0.302 e. The summed E-state index contributed by atoms with van der Waals surface area (Å²) in [5, 5.41) is 29.6. The Kier molecular flexibility index (Phi) is 5.90. The second kappa shape index (κ2) is 8.67. The number of benzene rings is 2. The van der Waals surface area contributed by atoms with E-state index >= 15 is 0 Å². The molecule has 0 spiro atoms. The van der Waals surface area contributed by atoms with E-state index < -0.39 is 29.5 Å². The number of fused-ring (bicyclic) bond motifs is 1. The minimum absolute atomic E-state index is 0.0160. The van der Waals surface area contributed by atoms with Gasteiger partial charge in [0.15, 0.2) is 5.76 Å². The van der Waals surface area contributed by atoms with Crippen molar-refractivity contribution in [1.82, 2.24) is 0 Å². The first-order chi connectivity index (χ1) is 15.6. The molecule has 174 valence electrons. The van der Waals surface area contributed by atoms with Gasteiger partial charge < -0.3 is 33.9 Å². The fourth-order valence-corrected chi connectivity index (χ4v) is 3.88. The maximum atomic E-state index is 13.4. The predicted molar refractivity (Wildman–Crippen MR) is 117 cm³/mol. The molecule has 1 aliphatic rings. The molecule has 0 bridgehead atoms. The number of hydrogen-bond acceptors (Lipinski definition) is 9. The van der Waals surface area contributed by atoms with Crippen molar-refractivity contribution >= 4 is 16.9 Å². The molecule has 0 saturated carbocycles. The number of ether oxygens (including phenoxy) is 3. The van der Waals surface area contributed by atoms with Crippen LogP contribution in [0, 0.1) is 5.92 Å². The van der Waals surface area contributed by atoms with Gasteiger partial charge in [-0.1, -0.05) is 6.92 Å². The normalized spacial score (nSPS) is 22.8. The minimum atomic E-state index is -0.934. The van der Waals surface area contributed by atoms with Crippen LogP contribution in [0.4, 0.5) is 0 Å². The number of hydrogen-bond donors (Lipinski definition) is 3. The summed E-state index contributed by atoms with van der Waals surface area (Å²) in [5.74, 6) is -1.45. The van der Waals surface area contributed by atoms with Crippen LogP contribution < -0.4 is 10.2 Å². The Hall–Kier alpha value is -3.72. The van der Waals surface area contributed by atoms with Gasteiger partial charge in [-0.15, -0.1) is 0 Å². The van der Waals surface area contributed by atoms with Crippen LogP contribution in [0.5, 0.6) is 23.0 Å². The molecule has 2 aromatic carbocycles. The van der Waals surface area contributed by atoms with Crippen molar-refractivity contribution in [3.05, 3.63) is 46.6 Å². The third-order valence-electron chi connectivity index (χ3n) is 5.73. The van der Waals surface area contributed by atoms with Crippen LogP contribution in [-0.2, 0) is 14.3 Å². The van der Waals surface area contributed by atoms with Crippen LogP contribution in [0.25, 0.3) is 22.3 Å². The van der Waals surface area contributed by atoms with E-state index in [1.165, 1.54) is 37.3 Å². The molecule has 33 heavy (non-hydrogen) atoms. The van der Waals surface area contributed by atoms with E-state index in [0.29, 0.717) is 5.56 Å². The second-order valence-electron chi connectivity index (χ2n) is 8.11. The first kappa shape index (κ1) is 22.5. The van der Waals surface area contributed by atoms with Crippen molar-refractivity contribution in [2.24, 2.45) is 5.92 Å². The van der Waals surface area contributed by atoms with E-state index in [0.717, 1.165) is 6.07 Å². The van der Waals surface area contributed by atoms with E-state index in [-0.39, 0.29) is 52.4 Å². The lowest BCUT2D eigenvalue weighted by atomic mass is 9.93. The van der Waals surface area contributed by atoms with Crippen LogP contribution in [0.1, 0.15) is 27.2 Å². The molecule has 1 saturated heterocycles. The Morgan fingerprint density at radius 1 is 1.06 bits per heavy atom. The number of carbonyl (C=O) groups is 1. The third kappa shape index (κ3) is 4.45. The van der Waals surface area contributed by atoms with E-state index in [4.69, 9.17) is 18.6 Å². The molecule has 0 radical (unpaired) electrons. The highest BCUT2D eigenvalue weighted by atomic mass is 16.7. The molecule has 0 aliphatic carbocycles. The van der Waals surface area contributed by atoms with Gasteiger partial charge in [-0.2, -0.15) is 0 Å². The molecule has 0 unspecified atom stereocenters. The Morgan fingerprint density at radius 3 is 2.42 bits per heavy atom. The van der Waals surface area contributed by atoms with Crippen molar-refractivity contribution in [3.63, 3.8) is 0 Å². The van der Waals surface area contributed by atoms with Gasteiger partial charge in [0.05, 0.1) is 6.10 Å². The molecule has 1 aliphatic heterocycles. The maximum absolute atomic E-state index is 13.4. The average Bonchev–Trinajstić information content (AvgIpc) is 2.73. The van der Waals surface area contributed by atoms with Crippen molar-refractivity contribution in [2.75, 3.05) is 0 Å². The molecule has 3 N–H and O–H groups in total. The zero-order valence-electron chi connectivity index (χ0n) is 18.3. The van der Waals surface area contributed by atoms with Gasteiger partial charge >= 0.3 is 5.97 Å². The first-order valence-electron chi connectivity index (χ1n) is 10.5. The first-order valence-corrected chi connectivity index (χ1v) is 10.5. The van der Waals surface area contributed by atoms with Crippen LogP contribution in [0.2, 0.25) is 0 Å². The molecule has 1 fully saturated rings. The topological polar surface area (TPSA) is 136 Å². The lowest BCUT2D eigenvalue weighted by Gasteiger charge is -2.38. The third-order valence-corrected chi connectivity index (χ3v) is 5.73. The largest absolute Gasteiger partial charge is 0.508 e. The highest BCUT2D eigenvalue weighted by Gasteiger charge is 2.38. The number of aromatic hydroxyl groups is 3. The highest BCUT2D eigenvalue weighted by molar-refractivity contribution is 5.88. The second-order valence-corrected chi connectivity index (χ2v) is 8.11. The Morgan fingerprint density at radius 2 is 1.76 bits per heavy atom. The minimum Gasteiger partial charge on any atom is -0.508 e. The fourth-order valence-electron chi connectivity index (χ4n) is 3.88. The summed E-state index contributed by atoms with van der Waals surface area (Å²) in [6, 6.07) is 8.14. The highest BCUT2D eigenvalue weighted by Crippen LogP contribution is 2.38. The Bertz CT molecular complexity index is 1250. The summed E-state index contributed by atoms with van der Waals surface area (Å²) >= 11 is 0. The fraction of sp³-hybridized carbons (Fsp3) is 0.333. The summed E-state index contributed by atoms with van der Waals surface area (Å²) in [6.45, 7) is 5.03. The quantitative estimate of drug-likeness (QED) is 0.503. The molecular formula is C24H24O9. The number of phenolic OH excluding ortho intramolecular Hbond substituents is 3. The standard InChI is InChI=1S/C24H24O9/c1-11-12(2)30-20(10-18(11)31-13(3)25)33-24-22(29)21-17(28)8-16(27)9-19(21)32-23(24)14-4-6-15(26)7-5-14/h4-9,11-12,18,20,26-28H,10H2,1-3H3/t11-,12-,18-,20-/m0/s1. The molecule has 3 aromatic rings. The van der Waals surface area contributed by atoms with E-state index in [2.05, 4.69) is 0 Å². The van der Waals surface area contributed by atoms with E-state index in [1.54, 1.807) is 0 Å². The molecule has 0 amide bonds. The van der Waals surface area contributed by atoms with Crippen LogP contribution in [-0.4, -0.2) is 39.8 Å². The van der Waals surface area contributed by atoms with Crippen molar-refractivity contribution in [1.29, 1.82) is 0 Å². The lowest BCUT2D eigenvalue weighted by molar-refractivity contribution is -0.205.